The second kappa shape index (κ2) is 4.40. The van der Waals surface area contributed by atoms with Gasteiger partial charge in [0.1, 0.15) is 17.3 Å². The van der Waals surface area contributed by atoms with Crippen molar-refractivity contribution in [2.75, 3.05) is 13.7 Å². The molecule has 1 spiro atoms. The van der Waals surface area contributed by atoms with Crippen molar-refractivity contribution < 1.29 is 19.0 Å². The molecule has 0 unspecified atom stereocenters. The summed E-state index contributed by atoms with van der Waals surface area (Å²) in [5.74, 6) is 0.254. The van der Waals surface area contributed by atoms with Crippen molar-refractivity contribution in [2.45, 2.75) is 62.9 Å². The van der Waals surface area contributed by atoms with Crippen LogP contribution in [-0.4, -0.2) is 42.9 Å². The molecule has 4 nitrogen and oxygen atoms in total. The minimum atomic E-state index is -0.389. The van der Waals surface area contributed by atoms with Gasteiger partial charge in [0.25, 0.3) is 0 Å². The van der Waals surface area contributed by atoms with E-state index in [1.54, 1.807) is 12.7 Å². The van der Waals surface area contributed by atoms with Crippen LogP contribution in [0.2, 0.25) is 0 Å². The summed E-state index contributed by atoms with van der Waals surface area (Å²) in [4.78, 5) is 12.5. The Bertz CT molecular complexity index is 501. The zero-order valence-corrected chi connectivity index (χ0v) is 13.1. The van der Waals surface area contributed by atoms with Crippen molar-refractivity contribution in [3.63, 3.8) is 0 Å². The number of carbonyl (C=O) groups excluding carboxylic acids is 1. The molecule has 21 heavy (non-hydrogen) atoms. The fraction of sp³-hybridized carbons (Fsp3) is 0.824. The fourth-order valence-corrected chi connectivity index (χ4v) is 4.31. The quantitative estimate of drug-likeness (QED) is 0.589. The normalized spacial score (nSPS) is 51.2. The summed E-state index contributed by atoms with van der Waals surface area (Å²) in [6.07, 6.45) is 6.38. The monoisotopic (exact) mass is 292 g/mol. The highest BCUT2D eigenvalue weighted by molar-refractivity contribution is 5.87. The van der Waals surface area contributed by atoms with Gasteiger partial charge in [-0.15, -0.1) is 0 Å². The first-order chi connectivity index (χ1) is 10.00. The Hall–Kier alpha value is -0.710. The lowest BCUT2D eigenvalue weighted by Gasteiger charge is -2.40. The van der Waals surface area contributed by atoms with Crippen LogP contribution in [0.3, 0.4) is 0 Å². The van der Waals surface area contributed by atoms with E-state index >= 15 is 0 Å². The van der Waals surface area contributed by atoms with Gasteiger partial charge in [0.15, 0.2) is 5.78 Å². The van der Waals surface area contributed by atoms with Gasteiger partial charge in [-0.1, -0.05) is 18.6 Å². The van der Waals surface area contributed by atoms with Crippen LogP contribution < -0.4 is 0 Å². The largest absolute Gasteiger partial charge is 0.373 e. The SMILES string of the molecule is CO[C@@H]1C(=O)[C@@H](C)C[C@]2(CO2)[C@H]1[C@@]1(C)O[C@@H]1CC=C1CC1. The van der Waals surface area contributed by atoms with Crippen LogP contribution in [0.4, 0.5) is 0 Å². The van der Waals surface area contributed by atoms with E-state index in [0.717, 1.165) is 19.4 Å². The van der Waals surface area contributed by atoms with E-state index < -0.39 is 0 Å². The molecule has 0 aromatic heterocycles. The summed E-state index contributed by atoms with van der Waals surface area (Å²) in [5, 5.41) is 0. The Morgan fingerprint density at radius 1 is 1.43 bits per heavy atom. The van der Waals surface area contributed by atoms with Crippen LogP contribution in [0.15, 0.2) is 11.6 Å². The maximum absolute atomic E-state index is 12.5. The third-order valence-electron chi connectivity index (χ3n) is 5.81. The molecule has 2 heterocycles. The van der Waals surface area contributed by atoms with Gasteiger partial charge in [-0.2, -0.15) is 0 Å². The number of hydrogen-bond donors (Lipinski definition) is 0. The van der Waals surface area contributed by atoms with E-state index in [0.29, 0.717) is 0 Å². The smallest absolute Gasteiger partial charge is 0.164 e. The Labute approximate surface area is 125 Å². The molecule has 0 aromatic carbocycles. The topological polar surface area (TPSA) is 51.4 Å². The average molecular weight is 292 g/mol. The molecule has 0 aromatic rings. The number of carbonyl (C=O) groups is 1. The Morgan fingerprint density at radius 2 is 2.14 bits per heavy atom. The van der Waals surface area contributed by atoms with Gasteiger partial charge in [0.2, 0.25) is 0 Å². The van der Waals surface area contributed by atoms with Crippen LogP contribution >= 0.6 is 0 Å². The number of epoxide rings is 2. The molecule has 0 bridgehead atoms. The maximum Gasteiger partial charge on any atom is 0.164 e. The molecule has 2 saturated carbocycles. The zero-order chi connectivity index (χ0) is 14.8. The molecule has 0 N–H and O–H groups in total. The summed E-state index contributed by atoms with van der Waals surface area (Å²) in [7, 11) is 1.64. The molecule has 116 valence electrons. The van der Waals surface area contributed by atoms with Crippen molar-refractivity contribution in [3.05, 3.63) is 11.6 Å². The van der Waals surface area contributed by atoms with Crippen molar-refractivity contribution in [1.29, 1.82) is 0 Å². The minimum Gasteiger partial charge on any atom is -0.373 e. The van der Waals surface area contributed by atoms with Gasteiger partial charge < -0.3 is 14.2 Å². The zero-order valence-electron chi connectivity index (χ0n) is 13.1. The van der Waals surface area contributed by atoms with E-state index in [1.165, 1.54) is 12.8 Å². The molecule has 6 atom stereocenters. The van der Waals surface area contributed by atoms with Gasteiger partial charge in [-0.05, 0) is 32.6 Å². The van der Waals surface area contributed by atoms with Crippen LogP contribution in [0.5, 0.6) is 0 Å². The molecule has 4 fully saturated rings. The minimum absolute atomic E-state index is 0.0167. The van der Waals surface area contributed by atoms with Crippen molar-refractivity contribution in [3.8, 4) is 0 Å². The lowest BCUT2D eigenvalue weighted by Crippen LogP contribution is -2.55. The lowest BCUT2D eigenvalue weighted by atomic mass is 9.66. The van der Waals surface area contributed by atoms with E-state index in [4.69, 9.17) is 14.2 Å². The van der Waals surface area contributed by atoms with Crippen molar-refractivity contribution >= 4 is 5.78 Å². The van der Waals surface area contributed by atoms with Gasteiger partial charge in [0.05, 0.1) is 18.6 Å². The molecular formula is C17H24O4. The number of ether oxygens (including phenoxy) is 3. The number of Topliss-reactive ketones (excluding diaryl/α,β-unsaturated/α-hetero) is 1. The summed E-state index contributed by atoms with van der Waals surface area (Å²) in [6, 6.07) is 0. The first-order valence-corrected chi connectivity index (χ1v) is 8.06. The summed E-state index contributed by atoms with van der Waals surface area (Å²) in [5.41, 5.74) is 1.07. The first-order valence-electron chi connectivity index (χ1n) is 8.06. The van der Waals surface area contributed by atoms with Gasteiger partial charge >= 0.3 is 0 Å². The molecule has 2 aliphatic heterocycles. The second-order valence-electron chi connectivity index (χ2n) is 7.38. The van der Waals surface area contributed by atoms with Gasteiger partial charge in [-0.3, -0.25) is 4.79 Å². The number of ketones is 1. The molecule has 0 amide bonds. The van der Waals surface area contributed by atoms with Crippen LogP contribution in [0, 0.1) is 11.8 Å². The van der Waals surface area contributed by atoms with Crippen LogP contribution in [-0.2, 0) is 19.0 Å². The molecule has 0 radical (unpaired) electrons. The third kappa shape index (κ3) is 2.11. The molecule has 2 saturated heterocycles. The molecule has 4 rings (SSSR count). The van der Waals surface area contributed by atoms with Crippen LogP contribution in [0.1, 0.15) is 39.5 Å². The first kappa shape index (κ1) is 13.9. The number of rotatable bonds is 4. The number of hydrogen-bond acceptors (Lipinski definition) is 4. The fourth-order valence-electron chi connectivity index (χ4n) is 4.31. The highest BCUT2D eigenvalue weighted by atomic mass is 16.6. The average Bonchev–Trinajstić information content (AvgIpc) is 3.30. The predicted molar refractivity (Wildman–Crippen MR) is 77.0 cm³/mol. The Kier molecular flexibility index (Phi) is 2.92. The molecule has 4 aliphatic rings. The van der Waals surface area contributed by atoms with Crippen LogP contribution in [0.25, 0.3) is 0 Å². The highest BCUT2D eigenvalue weighted by Crippen LogP contribution is 2.59. The predicted octanol–water partition coefficient (Wildman–Crippen LogP) is 2.26. The number of methoxy groups -OCH3 is 1. The van der Waals surface area contributed by atoms with E-state index in [9.17, 15) is 4.79 Å². The third-order valence-corrected chi connectivity index (χ3v) is 5.81. The standard InChI is InChI=1S/C17H24O4/c1-10-8-17(9-20-17)15(14(19-3)13(10)18)16(2)12(21-16)7-6-11-4-5-11/h6,10,12,14-15H,4-5,7-9H2,1-3H3/t10-,12+,14+,15+,16-,17-/m0/s1. The lowest BCUT2D eigenvalue weighted by molar-refractivity contribution is -0.148. The van der Waals surface area contributed by atoms with Crippen molar-refractivity contribution in [1.82, 2.24) is 0 Å². The Balaban J connectivity index is 1.57. The molecule has 2 aliphatic carbocycles. The number of allylic oxidation sites excluding steroid dienone is 1. The van der Waals surface area contributed by atoms with Gasteiger partial charge in [-0.25, -0.2) is 0 Å². The van der Waals surface area contributed by atoms with E-state index in [2.05, 4.69) is 13.0 Å². The Morgan fingerprint density at radius 3 is 2.71 bits per heavy atom. The molecule has 4 heteroatoms. The molecular weight excluding hydrogens is 268 g/mol. The summed E-state index contributed by atoms with van der Waals surface area (Å²) in [6.45, 7) is 4.85. The van der Waals surface area contributed by atoms with Crippen molar-refractivity contribution in [2.24, 2.45) is 11.8 Å². The van der Waals surface area contributed by atoms with E-state index in [-0.39, 0.29) is 41.0 Å². The summed E-state index contributed by atoms with van der Waals surface area (Å²) < 4.78 is 17.5. The summed E-state index contributed by atoms with van der Waals surface area (Å²) >= 11 is 0. The maximum atomic E-state index is 12.5. The van der Waals surface area contributed by atoms with Gasteiger partial charge in [0, 0.05) is 13.0 Å². The highest BCUT2D eigenvalue weighted by Gasteiger charge is 2.72. The second-order valence-corrected chi connectivity index (χ2v) is 7.38. The van der Waals surface area contributed by atoms with E-state index in [1.807, 2.05) is 6.92 Å².